The average molecular weight is 296 g/mol. The van der Waals surface area contributed by atoms with Crippen molar-refractivity contribution in [1.29, 1.82) is 0 Å². The Morgan fingerprint density at radius 2 is 1.95 bits per heavy atom. The Bertz CT molecular complexity index is 443. The van der Waals surface area contributed by atoms with Crippen LogP contribution in [0.3, 0.4) is 0 Å². The molecule has 104 valence electrons. The molecule has 19 heavy (non-hydrogen) atoms. The van der Waals surface area contributed by atoms with Crippen LogP contribution < -0.4 is 5.73 Å². The maximum Gasteiger partial charge on any atom is 0.254 e. The van der Waals surface area contributed by atoms with Gasteiger partial charge in [0.15, 0.2) is 0 Å². The fraction of sp³-hybridized carbons (Fsp3) is 0.429. The number of hydrogen-bond donors (Lipinski definition) is 1. The third-order valence-corrected chi connectivity index (χ3v) is 3.77. The smallest absolute Gasteiger partial charge is 0.254 e. The number of thioether (sulfide) groups is 1. The van der Waals surface area contributed by atoms with Crippen LogP contribution >= 0.6 is 24.0 Å². The van der Waals surface area contributed by atoms with Gasteiger partial charge in [-0.05, 0) is 44.4 Å². The lowest BCUT2D eigenvalue weighted by Gasteiger charge is -2.26. The third-order valence-electron chi connectivity index (χ3n) is 2.82. The molecule has 1 amide bonds. The van der Waals surface area contributed by atoms with Gasteiger partial charge in [0.05, 0.1) is 4.99 Å². The highest BCUT2D eigenvalue weighted by molar-refractivity contribution is 7.98. The largest absolute Gasteiger partial charge is 0.393 e. The van der Waals surface area contributed by atoms with E-state index in [9.17, 15) is 4.79 Å². The molecule has 0 aliphatic heterocycles. The Balaban J connectivity index is 2.82. The molecular weight excluding hydrogens is 276 g/mol. The van der Waals surface area contributed by atoms with Crippen molar-refractivity contribution in [3.05, 3.63) is 29.8 Å². The molecule has 1 aromatic carbocycles. The molecule has 0 bridgehead atoms. The van der Waals surface area contributed by atoms with Crippen LogP contribution in [0.2, 0.25) is 0 Å². The molecule has 1 rings (SSSR count). The minimum atomic E-state index is 0.0268. The summed E-state index contributed by atoms with van der Waals surface area (Å²) in [6, 6.07) is 7.78. The van der Waals surface area contributed by atoms with E-state index in [0.29, 0.717) is 23.5 Å². The summed E-state index contributed by atoms with van der Waals surface area (Å²) in [5, 5.41) is 0. The van der Waals surface area contributed by atoms with Crippen LogP contribution in [0.1, 0.15) is 30.6 Å². The summed E-state index contributed by atoms with van der Waals surface area (Å²) in [7, 11) is 0. The Hall–Kier alpha value is -1.07. The van der Waals surface area contributed by atoms with Gasteiger partial charge in [0.1, 0.15) is 0 Å². The Labute approximate surface area is 124 Å². The van der Waals surface area contributed by atoms with Gasteiger partial charge < -0.3 is 10.6 Å². The third kappa shape index (κ3) is 4.84. The van der Waals surface area contributed by atoms with Gasteiger partial charge in [-0.15, -0.1) is 11.8 Å². The molecule has 0 aliphatic carbocycles. The molecule has 1 aromatic rings. The molecule has 0 spiro atoms. The summed E-state index contributed by atoms with van der Waals surface area (Å²) in [4.78, 5) is 15.8. The van der Waals surface area contributed by atoms with E-state index in [1.54, 1.807) is 16.7 Å². The predicted molar refractivity (Wildman–Crippen MR) is 85.8 cm³/mol. The number of nitrogens with zero attached hydrogens (tertiary/aromatic N) is 1. The molecule has 0 aliphatic rings. The second-order valence-corrected chi connectivity index (χ2v) is 5.94. The lowest BCUT2D eigenvalue weighted by atomic mass is 10.1. The van der Waals surface area contributed by atoms with Crippen molar-refractivity contribution >= 4 is 34.9 Å². The van der Waals surface area contributed by atoms with E-state index in [1.807, 2.05) is 44.4 Å². The number of thiocarbonyl (C=S) groups is 1. The maximum atomic E-state index is 12.4. The lowest BCUT2D eigenvalue weighted by molar-refractivity contribution is 0.0711. The molecule has 0 aromatic heterocycles. The van der Waals surface area contributed by atoms with Crippen molar-refractivity contribution in [2.45, 2.75) is 31.2 Å². The van der Waals surface area contributed by atoms with E-state index in [0.717, 1.165) is 4.90 Å². The summed E-state index contributed by atoms with van der Waals surface area (Å²) >= 11 is 6.53. The number of rotatable bonds is 6. The summed E-state index contributed by atoms with van der Waals surface area (Å²) < 4.78 is 0. The van der Waals surface area contributed by atoms with Crippen molar-refractivity contribution < 1.29 is 4.79 Å². The normalized spacial score (nSPS) is 10.5. The second-order valence-electron chi connectivity index (χ2n) is 4.54. The number of amides is 1. The first-order chi connectivity index (χ1) is 8.95. The Morgan fingerprint density at radius 1 is 1.37 bits per heavy atom. The van der Waals surface area contributed by atoms with Crippen LogP contribution in [0.4, 0.5) is 0 Å². The fourth-order valence-electron chi connectivity index (χ4n) is 1.72. The number of benzene rings is 1. The fourth-order valence-corrected chi connectivity index (χ4v) is 2.22. The number of carbonyl (C=O) groups is 1. The van der Waals surface area contributed by atoms with Gasteiger partial charge in [0.25, 0.3) is 5.91 Å². The highest BCUT2D eigenvalue weighted by Gasteiger charge is 2.18. The number of nitrogens with two attached hydrogens (primary N) is 1. The van der Waals surface area contributed by atoms with E-state index >= 15 is 0 Å². The summed E-state index contributed by atoms with van der Waals surface area (Å²) in [5.74, 6) is 0.0268. The van der Waals surface area contributed by atoms with Crippen LogP contribution in [0, 0.1) is 0 Å². The minimum Gasteiger partial charge on any atom is -0.393 e. The van der Waals surface area contributed by atoms with Crippen molar-refractivity contribution in [1.82, 2.24) is 4.90 Å². The van der Waals surface area contributed by atoms with E-state index < -0.39 is 0 Å². The first kappa shape index (κ1) is 16.0. The average Bonchev–Trinajstić information content (AvgIpc) is 2.38. The van der Waals surface area contributed by atoms with E-state index in [4.69, 9.17) is 18.0 Å². The van der Waals surface area contributed by atoms with Gasteiger partial charge in [-0.1, -0.05) is 12.2 Å². The number of carbonyl (C=O) groups excluding carboxylic acids is 1. The van der Waals surface area contributed by atoms with E-state index in [2.05, 4.69) is 0 Å². The van der Waals surface area contributed by atoms with Gasteiger partial charge >= 0.3 is 0 Å². The zero-order valence-electron chi connectivity index (χ0n) is 11.6. The Kier molecular flexibility index (Phi) is 6.31. The number of hydrogen-bond acceptors (Lipinski definition) is 3. The molecule has 5 heteroatoms. The summed E-state index contributed by atoms with van der Waals surface area (Å²) in [5.41, 5.74) is 6.21. The molecule has 0 saturated carbocycles. The van der Waals surface area contributed by atoms with Crippen molar-refractivity contribution in [2.24, 2.45) is 5.73 Å². The van der Waals surface area contributed by atoms with Gasteiger partial charge in [-0.3, -0.25) is 4.79 Å². The highest BCUT2D eigenvalue weighted by Crippen LogP contribution is 2.16. The van der Waals surface area contributed by atoms with E-state index in [1.165, 1.54) is 0 Å². The zero-order valence-corrected chi connectivity index (χ0v) is 13.2. The molecule has 0 atom stereocenters. The van der Waals surface area contributed by atoms with Gasteiger partial charge in [-0.2, -0.15) is 0 Å². The minimum absolute atomic E-state index is 0.0268. The standard InChI is InChI=1S/C14H20N2OS2/c1-10(2)16(9-8-13(15)18)14(17)11-4-6-12(19-3)7-5-11/h4-7,10H,8-9H2,1-3H3,(H2,15,18). The van der Waals surface area contributed by atoms with Crippen LogP contribution in [0.5, 0.6) is 0 Å². The molecule has 0 unspecified atom stereocenters. The topological polar surface area (TPSA) is 46.3 Å². The quantitative estimate of drug-likeness (QED) is 0.647. The molecule has 0 radical (unpaired) electrons. The predicted octanol–water partition coefficient (Wildman–Crippen LogP) is 2.94. The summed E-state index contributed by atoms with van der Waals surface area (Å²) in [6.45, 7) is 4.55. The molecule has 0 heterocycles. The SMILES string of the molecule is CSc1ccc(C(=O)N(CCC(N)=S)C(C)C)cc1. The first-order valence-electron chi connectivity index (χ1n) is 6.19. The molecule has 3 nitrogen and oxygen atoms in total. The molecule has 0 fully saturated rings. The molecular formula is C14H20N2OS2. The monoisotopic (exact) mass is 296 g/mol. The van der Waals surface area contributed by atoms with E-state index in [-0.39, 0.29) is 11.9 Å². The van der Waals surface area contributed by atoms with Crippen LogP contribution in [-0.2, 0) is 0 Å². The lowest BCUT2D eigenvalue weighted by Crippen LogP contribution is -2.38. The maximum absolute atomic E-state index is 12.4. The highest BCUT2D eigenvalue weighted by atomic mass is 32.2. The molecule has 2 N–H and O–H groups in total. The Morgan fingerprint density at radius 3 is 2.37 bits per heavy atom. The van der Waals surface area contributed by atoms with Gasteiger partial charge in [0.2, 0.25) is 0 Å². The van der Waals surface area contributed by atoms with Crippen molar-refractivity contribution in [2.75, 3.05) is 12.8 Å². The van der Waals surface area contributed by atoms with Gasteiger partial charge in [0, 0.05) is 29.5 Å². The summed E-state index contributed by atoms with van der Waals surface area (Å²) in [6.07, 6.45) is 2.57. The van der Waals surface area contributed by atoms with Gasteiger partial charge in [-0.25, -0.2) is 0 Å². The zero-order chi connectivity index (χ0) is 14.4. The second kappa shape index (κ2) is 7.50. The van der Waals surface area contributed by atoms with Crippen molar-refractivity contribution in [3.63, 3.8) is 0 Å². The first-order valence-corrected chi connectivity index (χ1v) is 7.82. The van der Waals surface area contributed by atoms with Crippen molar-refractivity contribution in [3.8, 4) is 0 Å². The van der Waals surface area contributed by atoms with Crippen LogP contribution in [-0.4, -0.2) is 34.6 Å². The molecule has 0 saturated heterocycles. The van der Waals surface area contributed by atoms with Crippen LogP contribution in [0.25, 0.3) is 0 Å². The van der Waals surface area contributed by atoms with Crippen LogP contribution in [0.15, 0.2) is 29.2 Å².